The van der Waals surface area contributed by atoms with Crippen LogP contribution in [0.5, 0.6) is 0 Å². The molecule has 1 heterocycles. The molecule has 0 saturated carbocycles. The Morgan fingerprint density at radius 3 is 1.43 bits per heavy atom. The summed E-state index contributed by atoms with van der Waals surface area (Å²) in [6.45, 7) is 16.5. The van der Waals surface area contributed by atoms with Gasteiger partial charge in [-0.15, -0.1) is 0 Å². The summed E-state index contributed by atoms with van der Waals surface area (Å²) in [7, 11) is 8.78. The largest absolute Gasteiger partial charge is 0.466 e. The van der Waals surface area contributed by atoms with Crippen LogP contribution in [0.2, 0.25) is 0 Å². The summed E-state index contributed by atoms with van der Waals surface area (Å²) in [6, 6.07) is -15.5. The fourth-order valence-electron chi connectivity index (χ4n) is 8.62. The van der Waals surface area contributed by atoms with Gasteiger partial charge in [0.1, 0.15) is 66.5 Å². The number of carbonyl (C=O) groups is 12. The molecule has 1 fully saturated rings. The Balaban J connectivity index is 4.04. The van der Waals surface area contributed by atoms with Crippen LogP contribution in [0.15, 0.2) is 0 Å². The summed E-state index contributed by atoms with van der Waals surface area (Å²) >= 11 is 0. The first-order valence-electron chi connectivity index (χ1n) is 26.6. The Bertz CT molecular complexity index is 2180. The Morgan fingerprint density at radius 2 is 0.962 bits per heavy atom. The summed E-state index contributed by atoms with van der Waals surface area (Å²) in [5.41, 5.74) is 0. The van der Waals surface area contributed by atoms with Crippen LogP contribution in [0.3, 0.4) is 0 Å². The van der Waals surface area contributed by atoms with Crippen molar-refractivity contribution in [3.05, 3.63) is 0 Å². The highest BCUT2D eigenvalue weighted by Crippen LogP contribution is 2.22. The lowest BCUT2D eigenvalue weighted by molar-refractivity contribution is -0.154. The average Bonchev–Trinajstić information content (AvgIpc) is 3.40. The van der Waals surface area contributed by atoms with Crippen molar-refractivity contribution in [3.63, 3.8) is 0 Å². The molecule has 1 aliphatic rings. The first-order chi connectivity index (χ1) is 36.5. The van der Waals surface area contributed by atoms with Crippen LogP contribution in [0.25, 0.3) is 0 Å². The number of unbranched alkanes of at least 4 members (excludes halogenated alkanes) is 1. The summed E-state index contributed by atoms with van der Waals surface area (Å²) in [4.78, 5) is 172. The van der Waals surface area contributed by atoms with Gasteiger partial charge < -0.3 is 75.7 Å². The van der Waals surface area contributed by atoms with Crippen molar-refractivity contribution in [2.75, 3.05) is 62.6 Å². The maximum atomic E-state index is 14.5. The van der Waals surface area contributed by atoms with Gasteiger partial charge >= 0.3 is 5.97 Å². The molecule has 1 aliphatic heterocycles. The minimum Gasteiger partial charge on any atom is -0.466 e. The van der Waals surface area contributed by atoms with Gasteiger partial charge in [0.2, 0.25) is 65.0 Å². The van der Waals surface area contributed by atoms with Crippen molar-refractivity contribution in [3.8, 4) is 0 Å². The Labute approximate surface area is 464 Å². The van der Waals surface area contributed by atoms with Gasteiger partial charge in [-0.05, 0) is 80.1 Å². The molecule has 1 rings (SSSR count). The number of carbonyl (C=O) groups excluding carboxylic acids is 12. The van der Waals surface area contributed by atoms with Crippen LogP contribution < -0.4 is 26.6 Å². The standard InChI is InChI=1S/C52H91N11O16/c1-20-21-22-27(3)41(66)40-46(71)57-39(35(11)64)52(77)62(17)38(25-78-19)51(76)59(14)33(9)44(69)55-29(5)47(72)58(13)32(8)43(68)53-28(4)42(67)54-31(7)49(74)61(16)37(23-26(2)24-79-36(12)65)45(70)56-30(6)48(73)60(15)34(10)50(75)63(40)18/h26-35,37-41,64,66H,20-25H2,1-19H3,(H,53,68)(H,54,67)(H,55,69)(H,56,70)(H,57,71)/t26-,27+,28-,29-,30-,31+,32-,33-,34-,35+,37-,38-,39-,40-,41+/m0/s1. The molecule has 0 unspecified atom stereocenters. The molecule has 450 valence electrons. The predicted molar refractivity (Wildman–Crippen MR) is 287 cm³/mol. The summed E-state index contributed by atoms with van der Waals surface area (Å²) < 4.78 is 10.4. The fourth-order valence-corrected chi connectivity index (χ4v) is 8.62. The van der Waals surface area contributed by atoms with E-state index in [-0.39, 0.29) is 13.0 Å². The van der Waals surface area contributed by atoms with E-state index in [2.05, 4.69) is 26.6 Å². The van der Waals surface area contributed by atoms with Crippen LogP contribution in [0, 0.1) is 11.8 Å². The monoisotopic (exact) mass is 1130 g/mol. The van der Waals surface area contributed by atoms with Crippen molar-refractivity contribution < 1.29 is 77.2 Å². The Morgan fingerprint density at radius 1 is 0.532 bits per heavy atom. The van der Waals surface area contributed by atoms with Gasteiger partial charge in [0.05, 0.1) is 25.4 Å². The molecule has 0 aromatic carbocycles. The van der Waals surface area contributed by atoms with Gasteiger partial charge in [0.15, 0.2) is 0 Å². The van der Waals surface area contributed by atoms with Gasteiger partial charge in [-0.2, -0.15) is 0 Å². The molecule has 27 nitrogen and oxygen atoms in total. The minimum absolute atomic E-state index is 0.112. The van der Waals surface area contributed by atoms with E-state index >= 15 is 0 Å². The summed E-state index contributed by atoms with van der Waals surface area (Å²) in [6.07, 6.45) is -1.58. The highest BCUT2D eigenvalue weighted by atomic mass is 16.5. The normalized spacial score (nSPS) is 29.0. The lowest BCUT2D eigenvalue weighted by Gasteiger charge is -2.39. The lowest BCUT2D eigenvalue weighted by Crippen LogP contribution is -2.64. The van der Waals surface area contributed by atoms with E-state index in [9.17, 15) is 67.7 Å². The molecular formula is C52H91N11O16. The van der Waals surface area contributed by atoms with Crippen molar-refractivity contribution in [2.45, 2.75) is 187 Å². The third-order valence-corrected chi connectivity index (χ3v) is 14.6. The number of aliphatic hydroxyl groups excluding tert-OH is 2. The number of amides is 11. The predicted octanol–water partition coefficient (Wildman–Crippen LogP) is -2.67. The zero-order valence-corrected chi connectivity index (χ0v) is 49.7. The Kier molecular flexibility index (Phi) is 28.5. The summed E-state index contributed by atoms with van der Waals surface area (Å²) in [5.74, 6) is -11.1. The van der Waals surface area contributed by atoms with Crippen LogP contribution in [-0.4, -0.2) is 252 Å². The molecule has 11 amide bonds. The zero-order chi connectivity index (χ0) is 61.2. The third-order valence-electron chi connectivity index (χ3n) is 14.6. The number of aliphatic hydroxyl groups is 2. The van der Waals surface area contributed by atoms with Gasteiger partial charge in [0, 0.05) is 56.3 Å². The molecule has 0 aromatic heterocycles. The molecule has 0 aliphatic carbocycles. The maximum absolute atomic E-state index is 14.5. The van der Waals surface area contributed by atoms with Gasteiger partial charge in [-0.1, -0.05) is 33.6 Å². The average molecular weight is 1130 g/mol. The zero-order valence-electron chi connectivity index (χ0n) is 49.7. The SMILES string of the molecule is CCCC[C@@H](C)[C@@H](O)[C@H]1C(=O)N[C@@H]([C@@H](C)O)C(=O)N(C)[C@@H](COC)C(=O)N(C)[C@@H](C)C(=O)N[C@@H](C)C(=O)N(C)[C@@H](C)C(=O)N[C@@H](C)C(=O)N[C@H](C)C(=O)N(C)[C@@H](C[C@H](C)COC(C)=O)C(=O)N[C@@H](C)C(=O)N(C)[C@@H](C)C(=O)N1C. The maximum Gasteiger partial charge on any atom is 0.302 e. The van der Waals surface area contributed by atoms with Crippen molar-refractivity contribution in [1.82, 2.24) is 56.0 Å². The number of ether oxygens (including phenoxy) is 2. The molecule has 27 heteroatoms. The van der Waals surface area contributed by atoms with Gasteiger partial charge in [-0.25, -0.2) is 0 Å². The second-order valence-corrected chi connectivity index (χ2v) is 21.1. The minimum atomic E-state index is -1.80. The number of hydrogen-bond donors (Lipinski definition) is 7. The number of nitrogens with zero attached hydrogens (tertiary/aromatic N) is 6. The number of likely N-dealkylation sites (N-methyl/N-ethyl adjacent to an activating group) is 6. The van der Waals surface area contributed by atoms with Crippen LogP contribution in [-0.2, 0) is 67.0 Å². The van der Waals surface area contributed by atoms with E-state index in [1.54, 1.807) is 13.8 Å². The smallest absolute Gasteiger partial charge is 0.302 e. The molecule has 0 spiro atoms. The van der Waals surface area contributed by atoms with E-state index in [4.69, 9.17) is 9.47 Å². The number of rotatable bonds is 12. The second-order valence-electron chi connectivity index (χ2n) is 21.1. The molecule has 15 atom stereocenters. The molecule has 7 N–H and O–H groups in total. The number of nitrogens with one attached hydrogen (secondary N) is 5. The van der Waals surface area contributed by atoms with Gasteiger partial charge in [-0.3, -0.25) is 57.5 Å². The topological polar surface area (TPSA) is 343 Å². The molecule has 1 saturated heterocycles. The molecular weight excluding hydrogens is 1030 g/mol. The lowest BCUT2D eigenvalue weighted by atomic mass is 9.91. The van der Waals surface area contributed by atoms with Crippen LogP contribution in [0.4, 0.5) is 0 Å². The number of methoxy groups -OCH3 is 1. The van der Waals surface area contributed by atoms with E-state index in [1.165, 1.54) is 112 Å². The van der Waals surface area contributed by atoms with E-state index in [0.29, 0.717) is 12.8 Å². The van der Waals surface area contributed by atoms with E-state index < -0.39 is 168 Å². The first-order valence-corrected chi connectivity index (χ1v) is 26.6. The fraction of sp³-hybridized carbons (Fsp3) is 0.769. The molecule has 79 heavy (non-hydrogen) atoms. The highest BCUT2D eigenvalue weighted by Gasteiger charge is 2.44. The van der Waals surface area contributed by atoms with Gasteiger partial charge in [0.25, 0.3) is 0 Å². The van der Waals surface area contributed by atoms with Crippen molar-refractivity contribution >= 4 is 70.9 Å². The highest BCUT2D eigenvalue weighted by molar-refractivity contribution is 5.99. The van der Waals surface area contributed by atoms with Crippen LogP contribution >= 0.6 is 0 Å². The number of hydrogen-bond acceptors (Lipinski definition) is 16. The molecule has 0 bridgehead atoms. The molecule has 0 aromatic rings. The van der Waals surface area contributed by atoms with Crippen molar-refractivity contribution in [1.29, 1.82) is 0 Å². The van der Waals surface area contributed by atoms with Crippen molar-refractivity contribution in [2.24, 2.45) is 11.8 Å². The third kappa shape index (κ3) is 19.4. The second kappa shape index (κ2) is 31.9. The number of esters is 1. The Hall–Kier alpha value is -6.48. The molecule has 0 radical (unpaired) electrons. The quantitative estimate of drug-likeness (QED) is 0.0980. The van der Waals surface area contributed by atoms with Crippen LogP contribution in [0.1, 0.15) is 109 Å². The first kappa shape index (κ1) is 70.5. The van der Waals surface area contributed by atoms with E-state index in [0.717, 1.165) is 35.8 Å². The summed E-state index contributed by atoms with van der Waals surface area (Å²) in [5, 5.41) is 35.5. The van der Waals surface area contributed by atoms with E-state index in [1.807, 2.05) is 6.92 Å².